The van der Waals surface area contributed by atoms with Crippen LogP contribution < -0.4 is 0 Å². The number of carbonyl (C=O) groups excluding carboxylic acids is 2. The maximum absolute atomic E-state index is 11.6. The highest BCUT2D eigenvalue weighted by molar-refractivity contribution is 5.92. The highest BCUT2D eigenvalue weighted by Crippen LogP contribution is 2.44. The second-order valence-corrected chi connectivity index (χ2v) is 5.87. The molecule has 0 radical (unpaired) electrons. The number of allylic oxidation sites excluding steroid dienone is 3. The number of methoxy groups -OCH3 is 1. The first kappa shape index (κ1) is 16.4. The molecule has 1 N–H and O–H groups in total. The molecule has 0 heterocycles. The first-order valence-electron chi connectivity index (χ1n) is 6.52. The summed E-state index contributed by atoms with van der Waals surface area (Å²) in [5, 5.41) is 10.9. The van der Waals surface area contributed by atoms with Gasteiger partial charge in [0, 0.05) is 17.9 Å². The molecule has 1 rings (SSSR count). The number of rotatable bonds is 3. The molecule has 0 aromatic rings. The fourth-order valence-corrected chi connectivity index (χ4v) is 2.41. The lowest BCUT2D eigenvalue weighted by Crippen LogP contribution is -2.48. The van der Waals surface area contributed by atoms with Gasteiger partial charge < -0.3 is 9.84 Å². The molecule has 4 heteroatoms. The summed E-state index contributed by atoms with van der Waals surface area (Å²) in [5.41, 5.74) is -0.511. The third-order valence-electron chi connectivity index (χ3n) is 3.76. The first-order valence-corrected chi connectivity index (χ1v) is 6.52. The summed E-state index contributed by atoms with van der Waals surface area (Å²) in [6, 6.07) is 0. The van der Waals surface area contributed by atoms with Crippen molar-refractivity contribution in [3.8, 4) is 0 Å². The largest absolute Gasteiger partial charge is 0.466 e. The molecule has 0 aromatic heterocycles. The van der Waals surface area contributed by atoms with E-state index in [0.717, 1.165) is 0 Å². The van der Waals surface area contributed by atoms with Gasteiger partial charge in [0.25, 0.3) is 0 Å². The number of aliphatic hydroxyl groups is 1. The average molecular weight is 278 g/mol. The average Bonchev–Trinajstić information content (AvgIpc) is 2.32. The standard InChI is InChI=1S/C16H22O4/c1-11(8-14(18)20-5)6-7-16(19)12(2)9-13(17)10-15(16,3)4/h6-9,19H,10H2,1-5H3/b7-6+,11-8?. The van der Waals surface area contributed by atoms with Crippen molar-refractivity contribution < 1.29 is 19.4 Å². The Bertz CT molecular complexity index is 509. The highest BCUT2D eigenvalue weighted by atomic mass is 16.5. The van der Waals surface area contributed by atoms with E-state index in [-0.39, 0.29) is 12.2 Å². The number of ketones is 1. The topological polar surface area (TPSA) is 63.6 Å². The summed E-state index contributed by atoms with van der Waals surface area (Å²) in [7, 11) is 1.31. The summed E-state index contributed by atoms with van der Waals surface area (Å²) in [5.74, 6) is -0.420. The molecule has 0 aromatic carbocycles. The number of esters is 1. The monoisotopic (exact) mass is 278 g/mol. The van der Waals surface area contributed by atoms with Crippen molar-refractivity contribution in [3.63, 3.8) is 0 Å². The fourth-order valence-electron chi connectivity index (χ4n) is 2.41. The molecular weight excluding hydrogens is 256 g/mol. The van der Waals surface area contributed by atoms with Gasteiger partial charge in [-0.1, -0.05) is 19.9 Å². The lowest BCUT2D eigenvalue weighted by Gasteiger charge is -2.43. The van der Waals surface area contributed by atoms with Crippen LogP contribution in [0.2, 0.25) is 0 Å². The molecule has 0 amide bonds. The van der Waals surface area contributed by atoms with Crippen LogP contribution in [0.15, 0.2) is 35.5 Å². The van der Waals surface area contributed by atoms with E-state index in [4.69, 9.17) is 0 Å². The Morgan fingerprint density at radius 1 is 1.45 bits per heavy atom. The Hall–Kier alpha value is -1.68. The van der Waals surface area contributed by atoms with Crippen molar-refractivity contribution in [1.82, 2.24) is 0 Å². The third kappa shape index (κ3) is 3.25. The van der Waals surface area contributed by atoms with E-state index in [1.807, 2.05) is 13.8 Å². The molecule has 4 nitrogen and oxygen atoms in total. The predicted molar refractivity (Wildman–Crippen MR) is 77.0 cm³/mol. The van der Waals surface area contributed by atoms with Crippen LogP contribution in [0.5, 0.6) is 0 Å². The van der Waals surface area contributed by atoms with Crippen molar-refractivity contribution in [2.75, 3.05) is 7.11 Å². The lowest BCUT2D eigenvalue weighted by molar-refractivity contribution is -0.134. The second-order valence-electron chi connectivity index (χ2n) is 5.87. The molecule has 0 aliphatic heterocycles. The van der Waals surface area contributed by atoms with Crippen LogP contribution >= 0.6 is 0 Å². The second kappa shape index (κ2) is 5.75. The van der Waals surface area contributed by atoms with Gasteiger partial charge in [0.2, 0.25) is 0 Å². The Labute approximate surface area is 119 Å². The van der Waals surface area contributed by atoms with Crippen molar-refractivity contribution in [2.24, 2.45) is 5.41 Å². The van der Waals surface area contributed by atoms with Gasteiger partial charge in [-0.25, -0.2) is 4.79 Å². The maximum Gasteiger partial charge on any atom is 0.330 e. The Morgan fingerprint density at radius 3 is 2.55 bits per heavy atom. The fraction of sp³-hybridized carbons (Fsp3) is 0.500. The van der Waals surface area contributed by atoms with Gasteiger partial charge in [-0.3, -0.25) is 4.79 Å². The van der Waals surface area contributed by atoms with Crippen molar-refractivity contribution in [2.45, 2.75) is 39.7 Å². The van der Waals surface area contributed by atoms with Crippen molar-refractivity contribution >= 4 is 11.8 Å². The summed E-state index contributed by atoms with van der Waals surface area (Å²) >= 11 is 0. The minimum atomic E-state index is -1.20. The molecule has 0 spiro atoms. The van der Waals surface area contributed by atoms with Crippen LogP contribution in [-0.2, 0) is 14.3 Å². The zero-order valence-electron chi connectivity index (χ0n) is 12.7. The molecule has 110 valence electrons. The predicted octanol–water partition coefficient (Wildman–Crippen LogP) is 2.34. The van der Waals surface area contributed by atoms with Gasteiger partial charge in [-0.05, 0) is 37.1 Å². The molecule has 20 heavy (non-hydrogen) atoms. The minimum absolute atomic E-state index is 0.0207. The number of hydrogen-bond acceptors (Lipinski definition) is 4. The van der Waals surface area contributed by atoms with E-state index in [2.05, 4.69) is 4.74 Å². The normalized spacial score (nSPS) is 26.6. The van der Waals surface area contributed by atoms with E-state index < -0.39 is 17.0 Å². The summed E-state index contributed by atoms with van der Waals surface area (Å²) < 4.78 is 4.55. The number of hydrogen-bond donors (Lipinski definition) is 1. The molecule has 1 aliphatic rings. The Kier molecular flexibility index (Phi) is 4.71. The highest BCUT2D eigenvalue weighted by Gasteiger charge is 2.46. The van der Waals surface area contributed by atoms with Gasteiger partial charge in [0.15, 0.2) is 5.78 Å². The summed E-state index contributed by atoms with van der Waals surface area (Å²) in [4.78, 5) is 22.8. The van der Waals surface area contributed by atoms with Crippen LogP contribution in [-0.4, -0.2) is 29.6 Å². The minimum Gasteiger partial charge on any atom is -0.466 e. The number of carbonyl (C=O) groups is 2. The smallest absolute Gasteiger partial charge is 0.330 e. The van der Waals surface area contributed by atoms with Crippen molar-refractivity contribution in [1.29, 1.82) is 0 Å². The summed E-state index contributed by atoms with van der Waals surface area (Å²) in [6.45, 7) is 7.19. The Balaban J connectivity index is 3.10. The number of ether oxygens (including phenoxy) is 1. The molecule has 1 unspecified atom stereocenters. The van der Waals surface area contributed by atoms with Gasteiger partial charge in [0.1, 0.15) is 5.60 Å². The molecule has 1 atom stereocenters. The first-order chi connectivity index (χ1) is 9.12. The van der Waals surface area contributed by atoms with E-state index in [0.29, 0.717) is 11.1 Å². The van der Waals surface area contributed by atoms with Gasteiger partial charge >= 0.3 is 5.97 Å². The SMILES string of the molecule is COC(=O)C=C(C)/C=C/C1(O)C(C)=CC(=O)CC1(C)C. The van der Waals surface area contributed by atoms with Gasteiger partial charge in [-0.2, -0.15) is 0 Å². The summed E-state index contributed by atoms with van der Waals surface area (Å²) in [6.07, 6.45) is 6.42. The molecule has 1 aliphatic carbocycles. The zero-order valence-corrected chi connectivity index (χ0v) is 12.7. The van der Waals surface area contributed by atoms with E-state index in [1.54, 1.807) is 26.0 Å². The van der Waals surface area contributed by atoms with Gasteiger partial charge in [0.05, 0.1) is 7.11 Å². The molecule has 0 bridgehead atoms. The van der Waals surface area contributed by atoms with Crippen LogP contribution in [0.25, 0.3) is 0 Å². The molecular formula is C16H22O4. The maximum atomic E-state index is 11.6. The molecule has 0 fully saturated rings. The van der Waals surface area contributed by atoms with Crippen LogP contribution in [0.4, 0.5) is 0 Å². The lowest BCUT2D eigenvalue weighted by atomic mass is 9.64. The van der Waals surface area contributed by atoms with E-state index >= 15 is 0 Å². The van der Waals surface area contributed by atoms with Gasteiger partial charge in [-0.15, -0.1) is 0 Å². The molecule has 0 saturated heterocycles. The zero-order chi connectivity index (χ0) is 15.6. The third-order valence-corrected chi connectivity index (χ3v) is 3.76. The van der Waals surface area contributed by atoms with E-state index in [9.17, 15) is 14.7 Å². The quantitative estimate of drug-likeness (QED) is 0.489. The Morgan fingerprint density at radius 2 is 2.05 bits per heavy atom. The molecule has 0 saturated carbocycles. The van der Waals surface area contributed by atoms with E-state index in [1.165, 1.54) is 19.3 Å². The van der Waals surface area contributed by atoms with Crippen LogP contribution in [0.3, 0.4) is 0 Å². The van der Waals surface area contributed by atoms with Crippen LogP contribution in [0.1, 0.15) is 34.1 Å². The van der Waals surface area contributed by atoms with Crippen molar-refractivity contribution in [3.05, 3.63) is 35.5 Å². The van der Waals surface area contributed by atoms with Crippen LogP contribution in [0, 0.1) is 5.41 Å².